The Hall–Kier alpha value is -1.62. The van der Waals surface area contributed by atoms with E-state index in [-0.39, 0.29) is 5.56 Å². The van der Waals surface area contributed by atoms with E-state index in [2.05, 4.69) is 9.97 Å². The lowest BCUT2D eigenvalue weighted by molar-refractivity contribution is 0.0698. The van der Waals surface area contributed by atoms with Gasteiger partial charge in [-0.1, -0.05) is 0 Å². The Balaban J connectivity index is 2.51. The van der Waals surface area contributed by atoms with E-state index in [1.807, 2.05) is 6.92 Å². The Morgan fingerprint density at radius 3 is 3.00 bits per heavy atom. The third-order valence-electron chi connectivity index (χ3n) is 1.85. The van der Waals surface area contributed by atoms with Crippen LogP contribution in [0.1, 0.15) is 15.4 Å². The van der Waals surface area contributed by atoms with Crippen molar-refractivity contribution in [2.75, 3.05) is 0 Å². The molecule has 14 heavy (non-hydrogen) atoms. The highest BCUT2D eigenvalue weighted by atomic mass is 32.1. The Morgan fingerprint density at radius 2 is 2.43 bits per heavy atom. The predicted octanol–water partition coefficient (Wildman–Crippen LogP) is 2.14. The van der Waals surface area contributed by atoms with Crippen molar-refractivity contribution < 1.29 is 9.90 Å². The van der Waals surface area contributed by atoms with Gasteiger partial charge in [-0.2, -0.15) is 0 Å². The van der Waals surface area contributed by atoms with Crippen molar-refractivity contribution in [3.63, 3.8) is 0 Å². The average molecular weight is 208 g/mol. The van der Waals surface area contributed by atoms with Gasteiger partial charge in [0.05, 0.1) is 21.1 Å². The molecule has 0 unspecified atom stereocenters. The number of nitrogens with one attached hydrogen (secondary N) is 1. The van der Waals surface area contributed by atoms with Crippen LogP contribution in [0.15, 0.2) is 18.5 Å². The monoisotopic (exact) mass is 208 g/mol. The molecule has 0 saturated carbocycles. The van der Waals surface area contributed by atoms with E-state index >= 15 is 0 Å². The molecule has 5 heteroatoms. The number of nitrogens with zero attached hydrogens (tertiary/aromatic N) is 1. The van der Waals surface area contributed by atoms with Crippen molar-refractivity contribution in [1.82, 2.24) is 9.97 Å². The van der Waals surface area contributed by atoms with E-state index in [4.69, 9.17) is 5.11 Å². The summed E-state index contributed by atoms with van der Waals surface area (Å²) in [7, 11) is 0. The number of rotatable bonds is 2. The number of aromatic nitrogens is 2. The molecule has 2 heterocycles. The molecular weight excluding hydrogens is 200 g/mol. The molecule has 0 saturated heterocycles. The van der Waals surface area contributed by atoms with E-state index in [9.17, 15) is 4.79 Å². The van der Waals surface area contributed by atoms with Crippen LogP contribution in [0.2, 0.25) is 0 Å². The fourth-order valence-electron chi connectivity index (χ4n) is 1.23. The number of carbonyl (C=O) groups is 1. The van der Waals surface area contributed by atoms with E-state index in [0.29, 0.717) is 5.69 Å². The zero-order valence-electron chi connectivity index (χ0n) is 7.44. The van der Waals surface area contributed by atoms with E-state index in [0.717, 1.165) is 9.88 Å². The minimum Gasteiger partial charge on any atom is -0.478 e. The fraction of sp³-hybridized carbons (Fsp3) is 0.111. The summed E-state index contributed by atoms with van der Waals surface area (Å²) in [6, 6.07) is 1.55. The van der Waals surface area contributed by atoms with Crippen molar-refractivity contribution in [2.24, 2.45) is 0 Å². The van der Waals surface area contributed by atoms with Crippen molar-refractivity contribution in [2.45, 2.75) is 6.92 Å². The Labute approximate surface area is 84.2 Å². The van der Waals surface area contributed by atoms with Crippen molar-refractivity contribution in [1.29, 1.82) is 0 Å². The number of thiazole rings is 1. The van der Waals surface area contributed by atoms with Crippen LogP contribution in [0.25, 0.3) is 10.6 Å². The van der Waals surface area contributed by atoms with Gasteiger partial charge in [-0.3, -0.25) is 0 Å². The molecule has 72 valence electrons. The highest BCUT2D eigenvalue weighted by Gasteiger charge is 2.14. The Kier molecular flexibility index (Phi) is 2.09. The minimum atomic E-state index is -0.924. The Bertz CT molecular complexity index is 473. The molecule has 0 aromatic carbocycles. The highest BCUT2D eigenvalue weighted by molar-refractivity contribution is 7.15. The molecule has 2 aromatic rings. The van der Waals surface area contributed by atoms with Crippen LogP contribution >= 0.6 is 11.3 Å². The molecule has 0 aliphatic carbocycles. The molecule has 0 amide bonds. The first-order valence-corrected chi connectivity index (χ1v) is 4.83. The second-order valence-electron chi connectivity index (χ2n) is 2.82. The predicted molar refractivity (Wildman–Crippen MR) is 53.6 cm³/mol. The average Bonchev–Trinajstić information content (AvgIpc) is 2.70. The van der Waals surface area contributed by atoms with Crippen LogP contribution in [0.3, 0.4) is 0 Å². The summed E-state index contributed by atoms with van der Waals surface area (Å²) in [4.78, 5) is 18.7. The van der Waals surface area contributed by atoms with Gasteiger partial charge in [0.25, 0.3) is 0 Å². The van der Waals surface area contributed by atoms with Gasteiger partial charge in [0.2, 0.25) is 0 Å². The van der Waals surface area contributed by atoms with Gasteiger partial charge in [0.1, 0.15) is 0 Å². The number of carboxylic acids is 1. The highest BCUT2D eigenvalue weighted by Crippen LogP contribution is 2.27. The molecule has 0 atom stereocenters. The van der Waals surface area contributed by atoms with Crippen molar-refractivity contribution >= 4 is 17.3 Å². The van der Waals surface area contributed by atoms with Gasteiger partial charge < -0.3 is 10.1 Å². The molecular formula is C9H8N2O2S. The largest absolute Gasteiger partial charge is 0.478 e. The number of hydrogen-bond donors (Lipinski definition) is 2. The van der Waals surface area contributed by atoms with Gasteiger partial charge in [-0.05, 0) is 13.0 Å². The first-order chi connectivity index (χ1) is 6.68. The van der Waals surface area contributed by atoms with Crippen LogP contribution in [-0.2, 0) is 0 Å². The topological polar surface area (TPSA) is 66.0 Å². The second kappa shape index (κ2) is 3.26. The molecule has 2 N–H and O–H groups in total. The van der Waals surface area contributed by atoms with Crippen molar-refractivity contribution in [3.05, 3.63) is 29.0 Å². The maximum atomic E-state index is 10.8. The SMILES string of the molecule is Cc1ncc(-c2[nH]ccc2C(=O)O)s1. The normalized spacial score (nSPS) is 10.4. The maximum Gasteiger partial charge on any atom is 0.337 e. The van der Waals surface area contributed by atoms with E-state index in [1.54, 1.807) is 18.5 Å². The zero-order valence-corrected chi connectivity index (χ0v) is 8.26. The quantitative estimate of drug-likeness (QED) is 0.794. The molecule has 0 aliphatic rings. The van der Waals surface area contributed by atoms with Gasteiger partial charge >= 0.3 is 5.97 Å². The van der Waals surface area contributed by atoms with Crippen LogP contribution in [0.5, 0.6) is 0 Å². The molecule has 0 aliphatic heterocycles. The van der Waals surface area contributed by atoms with Gasteiger partial charge in [-0.25, -0.2) is 9.78 Å². The van der Waals surface area contributed by atoms with Gasteiger partial charge in [-0.15, -0.1) is 11.3 Å². The summed E-state index contributed by atoms with van der Waals surface area (Å²) >= 11 is 1.47. The molecule has 4 nitrogen and oxygen atoms in total. The van der Waals surface area contributed by atoms with Crippen LogP contribution in [0.4, 0.5) is 0 Å². The molecule has 0 bridgehead atoms. The molecule has 0 spiro atoms. The summed E-state index contributed by atoms with van der Waals surface area (Å²) in [6.45, 7) is 1.89. The Morgan fingerprint density at radius 1 is 1.64 bits per heavy atom. The summed E-state index contributed by atoms with van der Waals surface area (Å²) in [6.07, 6.45) is 3.30. The number of aryl methyl sites for hydroxylation is 1. The number of aromatic carboxylic acids is 1. The molecule has 2 rings (SSSR count). The first-order valence-electron chi connectivity index (χ1n) is 4.02. The lowest BCUT2D eigenvalue weighted by Crippen LogP contribution is -1.95. The van der Waals surface area contributed by atoms with Crippen LogP contribution in [0, 0.1) is 6.92 Å². The van der Waals surface area contributed by atoms with Gasteiger partial charge in [0, 0.05) is 12.4 Å². The maximum absolute atomic E-state index is 10.8. The van der Waals surface area contributed by atoms with Crippen LogP contribution < -0.4 is 0 Å². The van der Waals surface area contributed by atoms with E-state index < -0.39 is 5.97 Å². The fourth-order valence-corrected chi connectivity index (χ4v) is 2.03. The lowest BCUT2D eigenvalue weighted by atomic mass is 10.2. The number of H-pyrrole nitrogens is 1. The smallest absolute Gasteiger partial charge is 0.337 e. The standard InChI is InChI=1S/C9H8N2O2S/c1-5-11-4-7(14-5)8-6(9(12)13)2-3-10-8/h2-4,10H,1H3,(H,12,13). The third kappa shape index (κ3) is 1.42. The number of aromatic amines is 1. The molecule has 2 aromatic heterocycles. The summed E-state index contributed by atoms with van der Waals surface area (Å²) in [5.41, 5.74) is 0.914. The van der Waals surface area contributed by atoms with Gasteiger partial charge in [0.15, 0.2) is 0 Å². The molecule has 0 radical (unpaired) electrons. The molecule has 0 fully saturated rings. The second-order valence-corrected chi connectivity index (χ2v) is 4.05. The summed E-state index contributed by atoms with van der Waals surface area (Å²) < 4.78 is 0. The number of carboxylic acid groups (broad SMARTS) is 1. The van der Waals surface area contributed by atoms with E-state index in [1.165, 1.54) is 11.3 Å². The first kappa shape index (κ1) is 8.96. The summed E-state index contributed by atoms with van der Waals surface area (Å²) in [5, 5.41) is 9.81. The van der Waals surface area contributed by atoms with Crippen molar-refractivity contribution in [3.8, 4) is 10.6 Å². The number of hydrogen-bond acceptors (Lipinski definition) is 3. The minimum absolute atomic E-state index is 0.286. The third-order valence-corrected chi connectivity index (χ3v) is 2.78. The zero-order chi connectivity index (χ0) is 10.1. The lowest BCUT2D eigenvalue weighted by Gasteiger charge is -1.94. The van der Waals surface area contributed by atoms with Crippen LogP contribution in [-0.4, -0.2) is 21.0 Å². The summed E-state index contributed by atoms with van der Waals surface area (Å²) in [5.74, 6) is -0.924.